The summed E-state index contributed by atoms with van der Waals surface area (Å²) in [5, 5.41) is 7.11. The summed E-state index contributed by atoms with van der Waals surface area (Å²) in [5.41, 5.74) is 0.865. The van der Waals surface area contributed by atoms with Gasteiger partial charge in [-0.2, -0.15) is 0 Å². The highest BCUT2D eigenvalue weighted by atomic mass is 16.5. The van der Waals surface area contributed by atoms with E-state index in [1.165, 1.54) is 0 Å². The lowest BCUT2D eigenvalue weighted by Gasteiger charge is -2.07. The molecule has 0 atom stereocenters. The lowest BCUT2D eigenvalue weighted by molar-refractivity contribution is 0.187. The molecule has 0 saturated carbocycles. The minimum Gasteiger partial charge on any atom is -0.383 e. The van der Waals surface area contributed by atoms with E-state index in [1.54, 1.807) is 13.3 Å². The van der Waals surface area contributed by atoms with E-state index in [9.17, 15) is 0 Å². The summed E-state index contributed by atoms with van der Waals surface area (Å²) in [4.78, 5) is 4.23. The van der Waals surface area contributed by atoms with E-state index < -0.39 is 0 Å². The van der Waals surface area contributed by atoms with E-state index in [-0.39, 0.29) is 0 Å². The summed E-state index contributed by atoms with van der Waals surface area (Å²) < 4.78 is 12.0. The highest BCUT2D eigenvalue weighted by Crippen LogP contribution is 2.07. The molecule has 0 fully saturated rings. The Balaban J connectivity index is 1.92. The molecule has 0 saturated heterocycles. The molecule has 0 aromatic carbocycles. The number of ether oxygens (including phenoxy) is 1. The molecule has 0 aliphatic rings. The van der Waals surface area contributed by atoms with E-state index >= 15 is 0 Å². The lowest BCUT2D eigenvalue weighted by atomic mass is 10.4. The van der Waals surface area contributed by atoms with Crippen molar-refractivity contribution in [1.82, 2.24) is 14.7 Å². The van der Waals surface area contributed by atoms with Gasteiger partial charge in [-0.25, -0.2) is 4.98 Å². The molecule has 1 N–H and O–H groups in total. The van der Waals surface area contributed by atoms with E-state index in [4.69, 9.17) is 9.26 Å². The molecule has 2 aromatic rings. The first kappa shape index (κ1) is 11.7. The van der Waals surface area contributed by atoms with Gasteiger partial charge in [-0.15, -0.1) is 0 Å². The summed E-state index contributed by atoms with van der Waals surface area (Å²) in [6, 6.07) is 1.90. The zero-order valence-corrected chi connectivity index (χ0v) is 10.0. The molecule has 2 aromatic heterocycles. The van der Waals surface area contributed by atoms with Crippen LogP contribution in [-0.2, 0) is 17.8 Å². The topological polar surface area (TPSA) is 65.1 Å². The smallest absolute Gasteiger partial charge is 0.203 e. The van der Waals surface area contributed by atoms with Crippen molar-refractivity contribution in [3.05, 3.63) is 29.9 Å². The van der Waals surface area contributed by atoms with Crippen LogP contribution in [0.5, 0.6) is 0 Å². The second kappa shape index (κ2) is 5.49. The number of nitrogens with one attached hydrogen (secondary N) is 1. The molecule has 2 heterocycles. The molecular formula is C11H16N4O2. The Kier molecular flexibility index (Phi) is 3.77. The van der Waals surface area contributed by atoms with Crippen LogP contribution in [0.3, 0.4) is 0 Å². The van der Waals surface area contributed by atoms with Gasteiger partial charge in [-0.05, 0) is 6.92 Å². The minimum absolute atomic E-state index is 0.599. The van der Waals surface area contributed by atoms with Crippen molar-refractivity contribution in [2.45, 2.75) is 20.0 Å². The summed E-state index contributed by atoms with van der Waals surface area (Å²) in [6.45, 7) is 3.90. The molecule has 0 unspecified atom stereocenters. The van der Waals surface area contributed by atoms with Gasteiger partial charge in [0.1, 0.15) is 11.5 Å². The largest absolute Gasteiger partial charge is 0.383 e. The van der Waals surface area contributed by atoms with Gasteiger partial charge in [0.05, 0.1) is 13.2 Å². The Morgan fingerprint density at radius 3 is 3.12 bits per heavy atom. The minimum atomic E-state index is 0.599. The van der Waals surface area contributed by atoms with Crippen molar-refractivity contribution >= 4 is 5.95 Å². The number of imidazole rings is 1. The van der Waals surface area contributed by atoms with Gasteiger partial charge in [-0.3, -0.25) is 0 Å². The third kappa shape index (κ3) is 3.07. The van der Waals surface area contributed by atoms with Crippen molar-refractivity contribution in [3.63, 3.8) is 0 Å². The first-order valence-electron chi connectivity index (χ1n) is 5.45. The van der Waals surface area contributed by atoms with E-state index in [0.29, 0.717) is 13.2 Å². The maximum absolute atomic E-state index is 5.03. The van der Waals surface area contributed by atoms with Gasteiger partial charge in [0.25, 0.3) is 0 Å². The van der Waals surface area contributed by atoms with E-state index in [0.717, 1.165) is 23.9 Å². The number of aryl methyl sites for hydroxylation is 1. The van der Waals surface area contributed by atoms with Gasteiger partial charge in [-0.1, -0.05) is 5.16 Å². The highest BCUT2D eigenvalue weighted by Gasteiger charge is 2.04. The number of aromatic nitrogens is 3. The maximum Gasteiger partial charge on any atom is 0.203 e. The molecule has 0 bridgehead atoms. The van der Waals surface area contributed by atoms with Crippen LogP contribution < -0.4 is 5.32 Å². The molecule has 92 valence electrons. The van der Waals surface area contributed by atoms with Crippen LogP contribution in [0.2, 0.25) is 0 Å². The number of hydrogen-bond donors (Lipinski definition) is 1. The quantitative estimate of drug-likeness (QED) is 0.822. The van der Waals surface area contributed by atoms with Crippen molar-refractivity contribution in [2.75, 3.05) is 19.0 Å². The Hall–Kier alpha value is -1.82. The number of hydrogen-bond acceptors (Lipinski definition) is 5. The molecular weight excluding hydrogens is 220 g/mol. The van der Waals surface area contributed by atoms with Crippen molar-refractivity contribution in [1.29, 1.82) is 0 Å². The number of methoxy groups -OCH3 is 1. The standard InChI is InChI=1S/C11H16N4O2/c1-9-7-10(14-17-9)8-13-11-12-3-4-15(11)5-6-16-2/h3-4,7H,5-6,8H2,1-2H3,(H,12,13). The molecule has 0 aliphatic heterocycles. The molecule has 0 spiro atoms. The van der Waals surface area contributed by atoms with Crippen LogP contribution in [0.1, 0.15) is 11.5 Å². The van der Waals surface area contributed by atoms with Gasteiger partial charge >= 0.3 is 0 Å². The van der Waals surface area contributed by atoms with Crippen LogP contribution in [0, 0.1) is 6.92 Å². The summed E-state index contributed by atoms with van der Waals surface area (Å²) in [5.74, 6) is 1.62. The van der Waals surface area contributed by atoms with Crippen LogP contribution in [0.25, 0.3) is 0 Å². The van der Waals surface area contributed by atoms with Gasteiger partial charge in [0.15, 0.2) is 0 Å². The third-order valence-electron chi connectivity index (χ3n) is 2.36. The summed E-state index contributed by atoms with van der Waals surface area (Å²) in [7, 11) is 1.68. The second-order valence-corrected chi connectivity index (χ2v) is 3.72. The zero-order valence-electron chi connectivity index (χ0n) is 10.0. The maximum atomic E-state index is 5.03. The molecule has 17 heavy (non-hydrogen) atoms. The molecule has 6 heteroatoms. The van der Waals surface area contributed by atoms with E-state index in [2.05, 4.69) is 15.5 Å². The first-order chi connectivity index (χ1) is 8.29. The average molecular weight is 236 g/mol. The van der Waals surface area contributed by atoms with Crippen LogP contribution in [-0.4, -0.2) is 28.4 Å². The Bertz CT molecular complexity index is 463. The van der Waals surface area contributed by atoms with Gasteiger partial charge in [0, 0.05) is 32.1 Å². The summed E-state index contributed by atoms with van der Waals surface area (Å²) in [6.07, 6.45) is 3.67. The fourth-order valence-corrected chi connectivity index (χ4v) is 1.52. The number of rotatable bonds is 6. The Morgan fingerprint density at radius 1 is 1.53 bits per heavy atom. The van der Waals surface area contributed by atoms with Crippen LogP contribution in [0.4, 0.5) is 5.95 Å². The van der Waals surface area contributed by atoms with Crippen molar-refractivity contribution < 1.29 is 9.26 Å². The second-order valence-electron chi connectivity index (χ2n) is 3.72. The zero-order chi connectivity index (χ0) is 12.1. The van der Waals surface area contributed by atoms with E-state index in [1.807, 2.05) is 23.8 Å². The van der Waals surface area contributed by atoms with Crippen molar-refractivity contribution in [3.8, 4) is 0 Å². The normalized spacial score (nSPS) is 10.7. The first-order valence-corrected chi connectivity index (χ1v) is 5.45. The molecule has 0 amide bonds. The molecule has 0 radical (unpaired) electrons. The predicted octanol–water partition coefficient (Wildman–Crippen LogP) is 1.44. The Labute approximate surface area is 99.6 Å². The molecule has 2 rings (SSSR count). The fraction of sp³-hybridized carbons (Fsp3) is 0.455. The van der Waals surface area contributed by atoms with Crippen LogP contribution in [0.15, 0.2) is 23.0 Å². The Morgan fingerprint density at radius 2 is 2.41 bits per heavy atom. The number of anilines is 1. The monoisotopic (exact) mass is 236 g/mol. The average Bonchev–Trinajstić information content (AvgIpc) is 2.92. The molecule has 6 nitrogen and oxygen atoms in total. The van der Waals surface area contributed by atoms with Crippen LogP contribution >= 0.6 is 0 Å². The van der Waals surface area contributed by atoms with Gasteiger partial charge < -0.3 is 19.1 Å². The third-order valence-corrected chi connectivity index (χ3v) is 2.36. The number of nitrogens with zero attached hydrogens (tertiary/aromatic N) is 3. The fourth-order valence-electron chi connectivity index (χ4n) is 1.52. The lowest BCUT2D eigenvalue weighted by Crippen LogP contribution is -2.10. The highest BCUT2D eigenvalue weighted by molar-refractivity contribution is 5.27. The summed E-state index contributed by atoms with van der Waals surface area (Å²) >= 11 is 0. The SMILES string of the molecule is COCCn1ccnc1NCc1cc(C)on1. The van der Waals surface area contributed by atoms with Gasteiger partial charge in [0.2, 0.25) is 5.95 Å². The predicted molar refractivity (Wildman–Crippen MR) is 62.7 cm³/mol. The van der Waals surface area contributed by atoms with Crippen molar-refractivity contribution in [2.24, 2.45) is 0 Å². The molecule has 0 aliphatic carbocycles.